The van der Waals surface area contributed by atoms with Gasteiger partial charge in [-0.2, -0.15) is 0 Å². The number of ether oxygens (including phenoxy) is 1. The predicted octanol–water partition coefficient (Wildman–Crippen LogP) is 3.81. The largest absolute Gasteiger partial charge is 0.506 e. The summed E-state index contributed by atoms with van der Waals surface area (Å²) in [5.41, 5.74) is 0.636. The van der Waals surface area contributed by atoms with Gasteiger partial charge in [-0.25, -0.2) is 4.98 Å². The molecule has 0 aliphatic carbocycles. The second kappa shape index (κ2) is 6.99. The van der Waals surface area contributed by atoms with E-state index in [1.807, 2.05) is 36.5 Å². The number of piperidine rings is 1. The molecular formula is C20H21N3O2. The number of phenols is 1. The molecule has 1 fully saturated rings. The Morgan fingerprint density at radius 2 is 1.88 bits per heavy atom. The zero-order valence-corrected chi connectivity index (χ0v) is 13.9. The third kappa shape index (κ3) is 3.67. The number of hydrogen-bond donors (Lipinski definition) is 3. The molecule has 0 atom stereocenters. The lowest BCUT2D eigenvalue weighted by atomic mass is 10.1. The summed E-state index contributed by atoms with van der Waals surface area (Å²) in [6.45, 7) is 2.02. The lowest BCUT2D eigenvalue weighted by Gasteiger charge is -2.24. The molecule has 5 nitrogen and oxygen atoms in total. The minimum Gasteiger partial charge on any atom is -0.506 e. The number of aromatic nitrogens is 1. The van der Waals surface area contributed by atoms with Crippen LogP contribution in [0.3, 0.4) is 0 Å². The van der Waals surface area contributed by atoms with Gasteiger partial charge in [0.15, 0.2) is 0 Å². The first-order valence-electron chi connectivity index (χ1n) is 8.60. The molecule has 1 aliphatic rings. The number of nitrogens with one attached hydrogen (secondary N) is 2. The fourth-order valence-corrected chi connectivity index (χ4v) is 3.08. The highest BCUT2D eigenvalue weighted by Crippen LogP contribution is 2.28. The molecule has 128 valence electrons. The van der Waals surface area contributed by atoms with Crippen LogP contribution in [0.25, 0.3) is 10.8 Å². The van der Waals surface area contributed by atoms with Gasteiger partial charge < -0.3 is 20.5 Å². The van der Waals surface area contributed by atoms with Crippen LogP contribution in [0.5, 0.6) is 11.5 Å². The van der Waals surface area contributed by atoms with Gasteiger partial charge in [-0.15, -0.1) is 0 Å². The lowest BCUT2D eigenvalue weighted by Crippen LogP contribution is -2.34. The van der Waals surface area contributed by atoms with Crippen molar-refractivity contribution in [3.05, 3.63) is 54.7 Å². The quantitative estimate of drug-likeness (QED) is 0.633. The molecule has 1 aromatic heterocycles. The molecule has 5 heteroatoms. The number of pyridine rings is 1. The maximum atomic E-state index is 9.90. The number of para-hydroxylation sites is 2. The van der Waals surface area contributed by atoms with E-state index in [9.17, 15) is 5.11 Å². The molecule has 0 unspecified atom stereocenters. The molecule has 0 amide bonds. The second-order valence-corrected chi connectivity index (χ2v) is 6.29. The van der Waals surface area contributed by atoms with Crippen LogP contribution in [0.15, 0.2) is 54.7 Å². The third-order valence-electron chi connectivity index (χ3n) is 4.45. The summed E-state index contributed by atoms with van der Waals surface area (Å²) < 4.78 is 6.12. The first kappa shape index (κ1) is 15.7. The summed E-state index contributed by atoms with van der Waals surface area (Å²) in [6, 6.07) is 15.2. The van der Waals surface area contributed by atoms with E-state index >= 15 is 0 Å². The van der Waals surface area contributed by atoms with E-state index < -0.39 is 0 Å². The van der Waals surface area contributed by atoms with Gasteiger partial charge in [0.25, 0.3) is 0 Å². The summed E-state index contributed by atoms with van der Waals surface area (Å²) in [4.78, 5) is 4.42. The van der Waals surface area contributed by atoms with Crippen LogP contribution in [0.4, 0.5) is 11.5 Å². The van der Waals surface area contributed by atoms with Crippen molar-refractivity contribution in [1.29, 1.82) is 0 Å². The molecule has 0 saturated carbocycles. The number of aromatic hydroxyl groups is 1. The average molecular weight is 335 g/mol. The maximum absolute atomic E-state index is 9.90. The topological polar surface area (TPSA) is 66.4 Å². The van der Waals surface area contributed by atoms with Crippen molar-refractivity contribution < 1.29 is 9.84 Å². The Bertz CT molecular complexity index is 876. The summed E-state index contributed by atoms with van der Waals surface area (Å²) in [6.07, 6.45) is 4.17. The number of phenolic OH excluding ortho intramolecular Hbond substituents is 1. The number of fused-ring (bicyclic) bond motifs is 1. The molecule has 2 heterocycles. The van der Waals surface area contributed by atoms with Crippen molar-refractivity contribution in [2.24, 2.45) is 0 Å². The molecule has 0 radical (unpaired) electrons. The minimum atomic E-state index is 0.201. The second-order valence-electron chi connectivity index (χ2n) is 6.29. The highest BCUT2D eigenvalue weighted by atomic mass is 16.5. The lowest BCUT2D eigenvalue weighted by molar-refractivity contribution is 0.162. The van der Waals surface area contributed by atoms with E-state index in [0.29, 0.717) is 11.5 Å². The molecule has 3 aromatic rings. The van der Waals surface area contributed by atoms with Gasteiger partial charge in [-0.1, -0.05) is 12.1 Å². The molecule has 0 spiro atoms. The maximum Gasteiger partial charge on any atom is 0.139 e. The summed E-state index contributed by atoms with van der Waals surface area (Å²) >= 11 is 0. The number of nitrogens with zero attached hydrogens (tertiary/aromatic N) is 1. The van der Waals surface area contributed by atoms with E-state index in [0.717, 1.165) is 42.5 Å². The highest BCUT2D eigenvalue weighted by Gasteiger charge is 2.14. The van der Waals surface area contributed by atoms with Gasteiger partial charge in [0, 0.05) is 11.6 Å². The van der Waals surface area contributed by atoms with E-state index in [2.05, 4.69) is 21.7 Å². The summed E-state index contributed by atoms with van der Waals surface area (Å²) in [7, 11) is 0. The Morgan fingerprint density at radius 3 is 2.72 bits per heavy atom. The zero-order chi connectivity index (χ0) is 17.1. The van der Waals surface area contributed by atoms with E-state index in [4.69, 9.17) is 4.74 Å². The average Bonchev–Trinajstić information content (AvgIpc) is 2.64. The minimum absolute atomic E-state index is 0.201. The SMILES string of the molecule is Oc1ccccc1Nc1cc2cc(OC3CCNCC3)ccc2cn1. The fraction of sp³-hybridized carbons (Fsp3) is 0.250. The van der Waals surface area contributed by atoms with Crippen molar-refractivity contribution >= 4 is 22.3 Å². The summed E-state index contributed by atoms with van der Waals surface area (Å²) in [5.74, 6) is 1.78. The van der Waals surface area contributed by atoms with E-state index in [-0.39, 0.29) is 11.9 Å². The molecular weight excluding hydrogens is 314 g/mol. The van der Waals surface area contributed by atoms with Crippen LogP contribution in [0.2, 0.25) is 0 Å². The van der Waals surface area contributed by atoms with Crippen molar-refractivity contribution in [1.82, 2.24) is 10.3 Å². The van der Waals surface area contributed by atoms with Crippen LogP contribution in [-0.2, 0) is 0 Å². The zero-order valence-electron chi connectivity index (χ0n) is 13.9. The molecule has 25 heavy (non-hydrogen) atoms. The standard InChI is InChI=1S/C20H21N3O2/c24-19-4-2-1-3-18(19)23-20-12-15-11-17(6-5-14(15)13-22-20)25-16-7-9-21-10-8-16/h1-6,11-13,16,21,24H,7-10H2,(H,22,23). The first-order chi connectivity index (χ1) is 12.3. The Kier molecular flexibility index (Phi) is 4.39. The van der Waals surface area contributed by atoms with Crippen LogP contribution >= 0.6 is 0 Å². The normalized spacial score (nSPS) is 15.2. The van der Waals surface area contributed by atoms with E-state index in [1.54, 1.807) is 12.1 Å². The van der Waals surface area contributed by atoms with Gasteiger partial charge in [0.2, 0.25) is 0 Å². The van der Waals surface area contributed by atoms with Crippen molar-refractivity contribution in [2.75, 3.05) is 18.4 Å². The summed E-state index contributed by atoms with van der Waals surface area (Å²) in [5, 5.41) is 18.5. The molecule has 1 saturated heterocycles. The van der Waals surface area contributed by atoms with Crippen molar-refractivity contribution in [3.8, 4) is 11.5 Å². The van der Waals surface area contributed by atoms with Crippen LogP contribution in [0.1, 0.15) is 12.8 Å². The first-order valence-corrected chi connectivity index (χ1v) is 8.60. The predicted molar refractivity (Wildman–Crippen MR) is 99.7 cm³/mol. The Labute approximate surface area is 146 Å². The van der Waals surface area contributed by atoms with Gasteiger partial charge in [0.1, 0.15) is 23.4 Å². The molecule has 2 aromatic carbocycles. The number of hydrogen-bond acceptors (Lipinski definition) is 5. The molecule has 4 rings (SSSR count). The number of rotatable bonds is 4. The van der Waals surface area contributed by atoms with Gasteiger partial charge in [-0.05, 0) is 67.7 Å². The Hall–Kier alpha value is -2.79. The van der Waals surface area contributed by atoms with Crippen molar-refractivity contribution in [3.63, 3.8) is 0 Å². The van der Waals surface area contributed by atoms with Gasteiger partial charge in [0.05, 0.1) is 5.69 Å². The highest BCUT2D eigenvalue weighted by molar-refractivity contribution is 5.86. The third-order valence-corrected chi connectivity index (χ3v) is 4.45. The smallest absolute Gasteiger partial charge is 0.139 e. The number of anilines is 2. The van der Waals surface area contributed by atoms with Crippen LogP contribution < -0.4 is 15.4 Å². The monoisotopic (exact) mass is 335 g/mol. The van der Waals surface area contributed by atoms with Crippen molar-refractivity contribution in [2.45, 2.75) is 18.9 Å². The number of benzene rings is 2. The van der Waals surface area contributed by atoms with Gasteiger partial charge >= 0.3 is 0 Å². The van der Waals surface area contributed by atoms with Crippen LogP contribution in [-0.4, -0.2) is 29.3 Å². The van der Waals surface area contributed by atoms with Gasteiger partial charge in [-0.3, -0.25) is 0 Å². The van der Waals surface area contributed by atoms with Crippen LogP contribution in [0, 0.1) is 0 Å². The molecule has 3 N–H and O–H groups in total. The Morgan fingerprint density at radius 1 is 1.04 bits per heavy atom. The fourth-order valence-electron chi connectivity index (χ4n) is 3.08. The molecule has 1 aliphatic heterocycles. The molecule has 0 bridgehead atoms. The Balaban J connectivity index is 1.57. The van der Waals surface area contributed by atoms with E-state index in [1.165, 1.54) is 0 Å².